The zero-order valence-electron chi connectivity index (χ0n) is 18.5. The Bertz CT molecular complexity index is 957. The first kappa shape index (κ1) is 23.3. The maximum atomic E-state index is 12.5. The van der Waals surface area contributed by atoms with E-state index in [0.29, 0.717) is 41.9 Å². The van der Waals surface area contributed by atoms with Gasteiger partial charge in [0.25, 0.3) is 5.91 Å². The lowest BCUT2D eigenvalue weighted by Crippen LogP contribution is -2.35. The van der Waals surface area contributed by atoms with Crippen LogP contribution in [0.1, 0.15) is 29.8 Å². The molecule has 0 spiro atoms. The maximum Gasteiger partial charge on any atom is 0.255 e. The van der Waals surface area contributed by atoms with Crippen LogP contribution in [0.5, 0.6) is 11.5 Å². The molecule has 0 aromatic heterocycles. The Morgan fingerprint density at radius 2 is 1.50 bits per heavy atom. The number of rotatable bonds is 11. The molecule has 6 heteroatoms. The smallest absolute Gasteiger partial charge is 0.255 e. The monoisotopic (exact) mass is 434 g/mol. The van der Waals surface area contributed by atoms with Gasteiger partial charge in [-0.15, -0.1) is 0 Å². The minimum Gasteiger partial charge on any atom is -0.491 e. The van der Waals surface area contributed by atoms with E-state index in [1.807, 2.05) is 44.2 Å². The molecule has 0 saturated carbocycles. The highest BCUT2D eigenvalue weighted by Crippen LogP contribution is 2.18. The predicted octanol–water partition coefficient (Wildman–Crippen LogP) is 4.26. The topological polar surface area (TPSA) is 79.8 Å². The first-order valence-electron chi connectivity index (χ1n) is 10.7. The first-order valence-corrected chi connectivity index (χ1v) is 10.7. The van der Waals surface area contributed by atoms with E-state index in [1.165, 1.54) is 0 Å². The molecular formula is C26H30N2O4. The number of hydrogen-bond acceptors (Lipinski definition) is 5. The van der Waals surface area contributed by atoms with Crippen LogP contribution in [0, 0.1) is 0 Å². The SMILES string of the molecule is CC(C)NCC(O)COc1ccc(NC(=O)c2ccc(OCc3ccccc3)cc2)cc1. The predicted molar refractivity (Wildman–Crippen MR) is 126 cm³/mol. The Morgan fingerprint density at radius 3 is 2.16 bits per heavy atom. The lowest BCUT2D eigenvalue weighted by molar-refractivity contribution is 0.102. The minimum atomic E-state index is -0.587. The Morgan fingerprint density at radius 1 is 0.875 bits per heavy atom. The van der Waals surface area contributed by atoms with Gasteiger partial charge in [0.05, 0.1) is 0 Å². The fourth-order valence-corrected chi connectivity index (χ4v) is 2.90. The first-order chi connectivity index (χ1) is 15.5. The lowest BCUT2D eigenvalue weighted by atomic mass is 10.2. The van der Waals surface area contributed by atoms with Gasteiger partial charge in [0.1, 0.15) is 30.8 Å². The van der Waals surface area contributed by atoms with E-state index in [9.17, 15) is 9.90 Å². The minimum absolute atomic E-state index is 0.199. The number of benzene rings is 3. The molecule has 0 fully saturated rings. The Hall–Kier alpha value is -3.35. The molecule has 6 nitrogen and oxygen atoms in total. The van der Waals surface area contributed by atoms with E-state index in [-0.39, 0.29) is 12.5 Å². The number of carbonyl (C=O) groups excluding carboxylic acids is 1. The van der Waals surface area contributed by atoms with Crippen LogP contribution < -0.4 is 20.1 Å². The molecular weight excluding hydrogens is 404 g/mol. The molecule has 32 heavy (non-hydrogen) atoms. The van der Waals surface area contributed by atoms with Crippen molar-refractivity contribution in [1.82, 2.24) is 5.32 Å². The van der Waals surface area contributed by atoms with Crippen LogP contribution in [0.15, 0.2) is 78.9 Å². The summed E-state index contributed by atoms with van der Waals surface area (Å²) in [7, 11) is 0. The summed E-state index contributed by atoms with van der Waals surface area (Å²) in [6.45, 7) is 5.20. The van der Waals surface area contributed by atoms with Crippen molar-refractivity contribution in [2.75, 3.05) is 18.5 Å². The Balaban J connectivity index is 1.45. The molecule has 3 aromatic rings. The van der Waals surface area contributed by atoms with Gasteiger partial charge in [0.2, 0.25) is 0 Å². The van der Waals surface area contributed by atoms with E-state index in [1.54, 1.807) is 48.5 Å². The van der Waals surface area contributed by atoms with Gasteiger partial charge >= 0.3 is 0 Å². The average molecular weight is 435 g/mol. The average Bonchev–Trinajstić information content (AvgIpc) is 2.82. The van der Waals surface area contributed by atoms with Crippen molar-refractivity contribution in [3.05, 3.63) is 90.0 Å². The second-order valence-electron chi connectivity index (χ2n) is 7.80. The molecule has 1 atom stereocenters. The summed E-state index contributed by atoms with van der Waals surface area (Å²) in [5.74, 6) is 1.13. The second kappa shape index (κ2) is 11.9. The summed E-state index contributed by atoms with van der Waals surface area (Å²) in [6.07, 6.45) is -0.587. The van der Waals surface area contributed by atoms with Crippen molar-refractivity contribution < 1.29 is 19.4 Å². The lowest BCUT2D eigenvalue weighted by Gasteiger charge is -2.15. The number of aliphatic hydroxyl groups excluding tert-OH is 1. The van der Waals surface area contributed by atoms with Crippen molar-refractivity contribution in [1.29, 1.82) is 0 Å². The van der Waals surface area contributed by atoms with E-state index in [4.69, 9.17) is 9.47 Å². The fourth-order valence-electron chi connectivity index (χ4n) is 2.90. The van der Waals surface area contributed by atoms with Crippen LogP contribution in [-0.4, -0.2) is 36.3 Å². The molecule has 0 bridgehead atoms. The van der Waals surface area contributed by atoms with E-state index in [2.05, 4.69) is 10.6 Å². The van der Waals surface area contributed by atoms with Crippen molar-refractivity contribution in [3.63, 3.8) is 0 Å². The maximum absolute atomic E-state index is 12.5. The summed E-state index contributed by atoms with van der Waals surface area (Å²) in [5, 5.41) is 15.9. The van der Waals surface area contributed by atoms with Gasteiger partial charge in [-0.25, -0.2) is 0 Å². The quantitative estimate of drug-likeness (QED) is 0.420. The highest BCUT2D eigenvalue weighted by molar-refractivity contribution is 6.04. The third-order valence-corrected chi connectivity index (χ3v) is 4.68. The van der Waals surface area contributed by atoms with Crippen molar-refractivity contribution in [2.24, 2.45) is 0 Å². The van der Waals surface area contributed by atoms with Crippen molar-refractivity contribution >= 4 is 11.6 Å². The second-order valence-corrected chi connectivity index (χ2v) is 7.80. The summed E-state index contributed by atoms with van der Waals surface area (Å²) in [6, 6.07) is 24.3. The third kappa shape index (κ3) is 7.72. The highest BCUT2D eigenvalue weighted by atomic mass is 16.5. The molecule has 3 N–H and O–H groups in total. The van der Waals surface area contributed by atoms with Crippen LogP contribution in [0.2, 0.25) is 0 Å². The van der Waals surface area contributed by atoms with Crippen LogP contribution in [0.4, 0.5) is 5.69 Å². The zero-order chi connectivity index (χ0) is 22.8. The third-order valence-electron chi connectivity index (χ3n) is 4.68. The largest absolute Gasteiger partial charge is 0.491 e. The van der Waals surface area contributed by atoms with Gasteiger partial charge in [-0.1, -0.05) is 44.2 Å². The molecule has 0 radical (unpaired) electrons. The van der Waals surface area contributed by atoms with E-state index < -0.39 is 6.10 Å². The van der Waals surface area contributed by atoms with Crippen molar-refractivity contribution in [3.8, 4) is 11.5 Å². The Kier molecular flexibility index (Phi) is 8.66. The molecule has 0 aliphatic heterocycles. The molecule has 3 rings (SSSR count). The van der Waals surface area contributed by atoms with Crippen LogP contribution in [0.3, 0.4) is 0 Å². The summed E-state index contributed by atoms with van der Waals surface area (Å²) >= 11 is 0. The normalized spacial score (nSPS) is 11.8. The molecule has 0 aliphatic carbocycles. The standard InChI is InChI=1S/C26H30N2O4/c1-19(2)27-16-23(29)18-32-25-14-10-22(11-15-25)28-26(30)21-8-12-24(13-9-21)31-17-20-6-4-3-5-7-20/h3-15,19,23,27,29H,16-18H2,1-2H3,(H,28,30). The number of carbonyl (C=O) groups is 1. The van der Waals surface area contributed by atoms with Gasteiger partial charge < -0.3 is 25.2 Å². The van der Waals surface area contributed by atoms with Gasteiger partial charge in [-0.2, -0.15) is 0 Å². The molecule has 0 aliphatic rings. The van der Waals surface area contributed by atoms with E-state index >= 15 is 0 Å². The zero-order valence-corrected chi connectivity index (χ0v) is 18.5. The van der Waals surface area contributed by atoms with Gasteiger partial charge in [-0.3, -0.25) is 4.79 Å². The van der Waals surface area contributed by atoms with Gasteiger partial charge in [0.15, 0.2) is 0 Å². The fraction of sp³-hybridized carbons (Fsp3) is 0.269. The van der Waals surface area contributed by atoms with Gasteiger partial charge in [-0.05, 0) is 54.1 Å². The number of ether oxygens (including phenoxy) is 2. The molecule has 168 valence electrons. The molecule has 3 aromatic carbocycles. The van der Waals surface area contributed by atoms with Gasteiger partial charge in [0, 0.05) is 23.8 Å². The highest BCUT2D eigenvalue weighted by Gasteiger charge is 2.08. The van der Waals surface area contributed by atoms with E-state index in [0.717, 1.165) is 5.56 Å². The molecule has 0 saturated heterocycles. The molecule has 1 amide bonds. The summed E-state index contributed by atoms with van der Waals surface area (Å²) in [5.41, 5.74) is 2.29. The summed E-state index contributed by atoms with van der Waals surface area (Å²) in [4.78, 5) is 12.5. The number of nitrogens with one attached hydrogen (secondary N) is 2. The number of amides is 1. The Labute approximate surface area is 189 Å². The summed E-state index contributed by atoms with van der Waals surface area (Å²) < 4.78 is 11.4. The van der Waals surface area contributed by atoms with Crippen LogP contribution in [-0.2, 0) is 6.61 Å². The molecule has 0 heterocycles. The van der Waals surface area contributed by atoms with Crippen molar-refractivity contribution in [2.45, 2.75) is 32.6 Å². The number of hydrogen-bond donors (Lipinski definition) is 3. The number of anilines is 1. The molecule has 1 unspecified atom stereocenters. The number of aliphatic hydroxyl groups is 1. The van der Waals surface area contributed by atoms with Crippen LogP contribution >= 0.6 is 0 Å². The van der Waals surface area contributed by atoms with Crippen LogP contribution in [0.25, 0.3) is 0 Å².